The molecule has 0 fully saturated rings. The van der Waals surface area contributed by atoms with Gasteiger partial charge in [0.15, 0.2) is 0 Å². The van der Waals surface area contributed by atoms with Crippen molar-refractivity contribution in [2.24, 2.45) is 0 Å². The number of alkyl halides is 6. The Labute approximate surface area is 312 Å². The first-order valence-corrected chi connectivity index (χ1v) is 15.9. The lowest BCUT2D eigenvalue weighted by Gasteiger charge is -2.10. The van der Waals surface area contributed by atoms with Gasteiger partial charge in [-0.15, -0.1) is 0 Å². The Morgan fingerprint density at radius 3 is 0.804 bits per heavy atom. The van der Waals surface area contributed by atoms with E-state index in [4.69, 9.17) is 19.2 Å². The summed E-state index contributed by atoms with van der Waals surface area (Å²) in [5.74, 6) is -24.0. The number of carbonyl (C=O) groups is 6. The van der Waals surface area contributed by atoms with Crippen LogP contribution in [0.15, 0.2) is 56.2 Å². The van der Waals surface area contributed by atoms with Gasteiger partial charge in [-0.2, -0.15) is 26.3 Å². The van der Waals surface area contributed by atoms with Crippen molar-refractivity contribution in [3.05, 3.63) is 56.2 Å². The van der Waals surface area contributed by atoms with E-state index in [-0.39, 0.29) is 19.8 Å². The molecule has 0 aliphatic rings. The molecule has 0 atom stereocenters. The fraction of sp³-hybridized carbons (Fsp3) is 0.444. The number of nitrogens with one attached hydrogen (secondary N) is 3. The minimum Gasteiger partial charge on any atom is -0.464 e. The summed E-state index contributed by atoms with van der Waals surface area (Å²) >= 11 is 0. The molecule has 0 radical (unpaired) electrons. The molecule has 0 aliphatic heterocycles. The van der Waals surface area contributed by atoms with Crippen molar-refractivity contribution in [3.8, 4) is 0 Å². The molecule has 0 unspecified atom stereocenters. The van der Waals surface area contributed by atoms with Crippen LogP contribution in [0, 0.1) is 0 Å². The third kappa shape index (κ3) is 29.6. The Balaban J connectivity index is -0.000000292. The van der Waals surface area contributed by atoms with Gasteiger partial charge in [0.2, 0.25) is 0 Å². The Kier molecular flexibility index (Phi) is 32.0. The molecule has 320 valence electrons. The fourth-order valence-electron chi connectivity index (χ4n) is 1.95. The largest absolute Gasteiger partial charge is 0.466 e. The van der Waals surface area contributed by atoms with E-state index in [1.807, 2.05) is 0 Å². The van der Waals surface area contributed by atoms with Crippen LogP contribution in [0.5, 0.6) is 0 Å². The summed E-state index contributed by atoms with van der Waals surface area (Å²) in [6, 6.07) is 0. The SMILES string of the molecule is CCOC(=O)C(F)(F)C(=O)OC.CCOC(=O)C(F)(F)C(=O)OC.CCOC(=O)C(F)(F)C(=O)OC.O=P(O)(O)O.c1c[nH]cn1.c1c[nH]cn1.c1c[nH]cn1. The molecule has 0 bridgehead atoms. The number of nitrogens with zero attached hydrogens (tertiary/aromatic N) is 3. The number of aromatic amines is 3. The van der Waals surface area contributed by atoms with Gasteiger partial charge in [0, 0.05) is 37.2 Å². The zero-order valence-corrected chi connectivity index (χ0v) is 30.9. The lowest BCUT2D eigenvalue weighted by molar-refractivity contribution is -0.189. The van der Waals surface area contributed by atoms with Gasteiger partial charge in [0.25, 0.3) is 0 Å². The average Bonchev–Trinajstić information content (AvgIpc) is 3.98. The smallest absolute Gasteiger partial charge is 0.464 e. The molecule has 56 heavy (non-hydrogen) atoms. The highest BCUT2D eigenvalue weighted by atomic mass is 31.2. The lowest BCUT2D eigenvalue weighted by Crippen LogP contribution is -2.40. The van der Waals surface area contributed by atoms with Crippen molar-refractivity contribution in [2.75, 3.05) is 41.2 Å². The third-order valence-electron chi connectivity index (χ3n) is 4.14. The molecule has 29 heteroatoms. The highest BCUT2D eigenvalue weighted by Crippen LogP contribution is 2.26. The van der Waals surface area contributed by atoms with Gasteiger partial charge in [-0.3, -0.25) is 0 Å². The summed E-state index contributed by atoms with van der Waals surface area (Å²) in [6.45, 7) is 3.41. The Morgan fingerprint density at radius 2 is 0.714 bits per heavy atom. The molecule has 6 N–H and O–H groups in total. The summed E-state index contributed by atoms with van der Waals surface area (Å²) in [5.41, 5.74) is 0. The second kappa shape index (κ2) is 31.5. The highest BCUT2D eigenvalue weighted by molar-refractivity contribution is 7.45. The topological polar surface area (TPSA) is 322 Å². The van der Waals surface area contributed by atoms with E-state index in [1.54, 1.807) is 56.2 Å². The van der Waals surface area contributed by atoms with Crippen LogP contribution in [0.4, 0.5) is 26.3 Å². The number of methoxy groups -OCH3 is 3. The van der Waals surface area contributed by atoms with Crippen LogP contribution < -0.4 is 0 Å². The van der Waals surface area contributed by atoms with E-state index >= 15 is 0 Å². The molecule has 0 aliphatic carbocycles. The summed E-state index contributed by atoms with van der Waals surface area (Å²) < 4.78 is 106. The van der Waals surface area contributed by atoms with Crippen LogP contribution in [-0.2, 0) is 61.8 Å². The first-order chi connectivity index (χ1) is 25.9. The van der Waals surface area contributed by atoms with E-state index in [0.717, 1.165) is 21.3 Å². The predicted molar refractivity (Wildman–Crippen MR) is 171 cm³/mol. The van der Waals surface area contributed by atoms with Crippen molar-refractivity contribution >= 4 is 43.6 Å². The van der Waals surface area contributed by atoms with Gasteiger partial charge in [-0.25, -0.2) is 48.3 Å². The minimum atomic E-state index is -4.64. The standard InChI is InChI=1S/3C6H8F2O4.3C3H4N2.H3O4P/c3*1-3-12-5(10)6(7,8)4(9)11-2;3*1-2-5-3-4-1;1-5(2,3)4/h3*3H2,1-2H3;3*1-3H,(H,4,5);(H3,1,2,3,4). The number of aromatic nitrogens is 6. The van der Waals surface area contributed by atoms with Crippen LogP contribution in [0.3, 0.4) is 0 Å². The number of imidazole rings is 3. The summed E-state index contributed by atoms with van der Waals surface area (Å²) in [5, 5.41) is 0. The van der Waals surface area contributed by atoms with Crippen molar-refractivity contribution in [3.63, 3.8) is 0 Å². The van der Waals surface area contributed by atoms with Gasteiger partial charge >= 0.3 is 61.4 Å². The molecule has 22 nitrogen and oxygen atoms in total. The van der Waals surface area contributed by atoms with Crippen molar-refractivity contribution in [2.45, 2.75) is 38.5 Å². The molecule has 0 saturated heterocycles. The number of phosphoric acid groups is 1. The maximum Gasteiger partial charge on any atom is 0.466 e. The van der Waals surface area contributed by atoms with Crippen LogP contribution in [-0.4, -0.2) is 139 Å². The Morgan fingerprint density at radius 1 is 0.518 bits per heavy atom. The first-order valence-electron chi connectivity index (χ1n) is 14.4. The molecule has 3 aromatic heterocycles. The maximum atomic E-state index is 12.4. The Bertz CT molecular complexity index is 1290. The molecule has 3 aromatic rings. The average molecular weight is 849 g/mol. The van der Waals surface area contributed by atoms with Gasteiger partial charge in [0.1, 0.15) is 0 Å². The van der Waals surface area contributed by atoms with Crippen LogP contribution in [0.1, 0.15) is 20.8 Å². The fourth-order valence-corrected chi connectivity index (χ4v) is 1.95. The molecule has 0 saturated carbocycles. The molecular weight excluding hydrogens is 809 g/mol. The minimum absolute atomic E-state index is 0.217. The van der Waals surface area contributed by atoms with Crippen LogP contribution in [0.25, 0.3) is 0 Å². The van der Waals surface area contributed by atoms with Gasteiger partial charge < -0.3 is 58.1 Å². The lowest BCUT2D eigenvalue weighted by atomic mass is 10.3. The zero-order chi connectivity index (χ0) is 44.4. The van der Waals surface area contributed by atoms with Crippen molar-refractivity contribution in [1.29, 1.82) is 0 Å². The number of carbonyl (C=O) groups excluding carboxylic acids is 6. The van der Waals surface area contributed by atoms with E-state index in [9.17, 15) is 55.1 Å². The molecule has 3 heterocycles. The first kappa shape index (κ1) is 56.9. The second-order valence-corrected chi connectivity index (χ2v) is 9.18. The maximum absolute atomic E-state index is 12.4. The number of ether oxygens (including phenoxy) is 6. The number of esters is 6. The van der Waals surface area contributed by atoms with Gasteiger partial charge in [-0.05, 0) is 20.8 Å². The Hall–Kier alpha value is -5.86. The molecule has 0 spiro atoms. The van der Waals surface area contributed by atoms with E-state index in [2.05, 4.69) is 58.3 Å². The molecular formula is C27H39F6N6O16P. The monoisotopic (exact) mass is 848 g/mol. The van der Waals surface area contributed by atoms with Crippen LogP contribution >= 0.6 is 7.82 Å². The second-order valence-electron chi connectivity index (χ2n) is 8.15. The van der Waals surface area contributed by atoms with E-state index in [1.165, 1.54) is 20.8 Å². The number of hydrogen-bond donors (Lipinski definition) is 6. The quantitative estimate of drug-likeness (QED) is 0.0582. The molecule has 0 aromatic carbocycles. The van der Waals surface area contributed by atoms with E-state index < -0.39 is 61.4 Å². The summed E-state index contributed by atoms with van der Waals surface area (Å²) in [7, 11) is -2.36. The third-order valence-corrected chi connectivity index (χ3v) is 4.14. The van der Waals surface area contributed by atoms with Crippen molar-refractivity contribution in [1.82, 2.24) is 29.9 Å². The predicted octanol–water partition coefficient (Wildman–Crippen LogP) is 1.37. The summed E-state index contributed by atoms with van der Waals surface area (Å²) in [6.07, 6.45) is 15.2. The van der Waals surface area contributed by atoms with Gasteiger partial charge in [-0.1, -0.05) is 0 Å². The number of H-pyrrole nitrogens is 3. The van der Waals surface area contributed by atoms with Crippen LogP contribution in [0.2, 0.25) is 0 Å². The van der Waals surface area contributed by atoms with E-state index in [0.29, 0.717) is 0 Å². The number of halogens is 6. The normalized spacial score (nSPS) is 10.1. The summed E-state index contributed by atoms with van der Waals surface area (Å²) in [4.78, 5) is 103. The van der Waals surface area contributed by atoms with Crippen molar-refractivity contribution < 1.29 is 103 Å². The highest BCUT2D eigenvalue weighted by Gasteiger charge is 2.52. The zero-order valence-electron chi connectivity index (χ0n) is 30.0. The van der Waals surface area contributed by atoms with Gasteiger partial charge in [0.05, 0.1) is 60.1 Å². The number of hydrogen-bond acceptors (Lipinski definition) is 16. The number of rotatable bonds is 9. The molecule has 3 rings (SSSR count). The molecule has 0 amide bonds.